The summed E-state index contributed by atoms with van der Waals surface area (Å²) in [5, 5.41) is 0. The maximum absolute atomic E-state index is 12.6. The molecule has 9 heteroatoms. The molecule has 0 aromatic rings. The van der Waals surface area contributed by atoms with Gasteiger partial charge in [0.15, 0.2) is 0 Å². The molecular formula is C49H92NO7P. The van der Waals surface area contributed by atoms with E-state index in [1.807, 2.05) is 0 Å². The molecule has 0 aromatic carbocycles. The minimum atomic E-state index is -4.28. The molecule has 0 saturated heterocycles. The molecule has 8 nitrogen and oxygen atoms in total. The fourth-order valence-corrected chi connectivity index (χ4v) is 7.41. The van der Waals surface area contributed by atoms with Gasteiger partial charge in [0.1, 0.15) is 6.10 Å². The van der Waals surface area contributed by atoms with E-state index in [1.54, 1.807) is 0 Å². The summed E-state index contributed by atoms with van der Waals surface area (Å²) >= 11 is 0. The van der Waals surface area contributed by atoms with Gasteiger partial charge in [-0.3, -0.25) is 13.8 Å². The zero-order chi connectivity index (χ0) is 42.3. The molecule has 0 spiro atoms. The number of unbranched alkanes of at least 4 members (excludes halogenated alkanes) is 25. The highest BCUT2D eigenvalue weighted by Crippen LogP contribution is 2.43. The number of phosphoric acid groups is 1. The van der Waals surface area contributed by atoms with Gasteiger partial charge in [-0.05, 0) is 77.0 Å². The lowest BCUT2D eigenvalue weighted by molar-refractivity contribution is -0.154. The minimum Gasteiger partial charge on any atom is -0.457 e. The highest BCUT2D eigenvalue weighted by atomic mass is 31.2. The van der Waals surface area contributed by atoms with Crippen LogP contribution in [0.15, 0.2) is 48.6 Å². The molecule has 0 aromatic heterocycles. The molecule has 58 heavy (non-hydrogen) atoms. The first-order valence-electron chi connectivity index (χ1n) is 24.1. The van der Waals surface area contributed by atoms with Crippen LogP contribution >= 0.6 is 7.82 Å². The van der Waals surface area contributed by atoms with Crippen molar-refractivity contribution in [3.05, 3.63) is 48.6 Å². The third-order valence-corrected chi connectivity index (χ3v) is 11.2. The molecule has 3 N–H and O–H groups in total. The van der Waals surface area contributed by atoms with Crippen LogP contribution in [0.3, 0.4) is 0 Å². The monoisotopic (exact) mass is 838 g/mol. The molecule has 2 unspecified atom stereocenters. The Hall–Kier alpha value is -1.54. The lowest BCUT2D eigenvalue weighted by Crippen LogP contribution is -2.28. The highest BCUT2D eigenvalue weighted by Gasteiger charge is 2.25. The van der Waals surface area contributed by atoms with Crippen molar-refractivity contribution in [1.82, 2.24) is 0 Å². The van der Waals surface area contributed by atoms with Crippen LogP contribution in [0.25, 0.3) is 0 Å². The first-order chi connectivity index (χ1) is 28.4. The van der Waals surface area contributed by atoms with E-state index < -0.39 is 13.9 Å². The van der Waals surface area contributed by atoms with Crippen molar-refractivity contribution >= 4 is 13.8 Å². The van der Waals surface area contributed by atoms with Gasteiger partial charge in [0, 0.05) is 19.6 Å². The molecular weight excluding hydrogens is 746 g/mol. The number of hydrogen-bond donors (Lipinski definition) is 2. The SMILES string of the molecule is CCCCCC/C=C\CCCCCCCC(=O)OC(COCCCCCCCCCCCCC/C=C\C/C=C\C/C=C\CCCCCCC)COP(=O)(O)OCCN. The van der Waals surface area contributed by atoms with Crippen LogP contribution in [0.1, 0.15) is 219 Å². The van der Waals surface area contributed by atoms with Crippen LogP contribution in [0.2, 0.25) is 0 Å². The van der Waals surface area contributed by atoms with Gasteiger partial charge in [-0.25, -0.2) is 4.57 Å². The first-order valence-corrected chi connectivity index (χ1v) is 25.6. The van der Waals surface area contributed by atoms with Crippen LogP contribution in [-0.2, 0) is 27.9 Å². The number of nitrogens with two attached hydrogens (primary N) is 1. The van der Waals surface area contributed by atoms with Crippen molar-refractivity contribution in [3.63, 3.8) is 0 Å². The predicted octanol–water partition coefficient (Wildman–Crippen LogP) is 14.8. The van der Waals surface area contributed by atoms with E-state index in [0.717, 1.165) is 57.8 Å². The van der Waals surface area contributed by atoms with Crippen LogP contribution in [-0.4, -0.2) is 49.9 Å². The van der Waals surface area contributed by atoms with Crippen molar-refractivity contribution in [2.24, 2.45) is 5.73 Å². The molecule has 0 rings (SSSR count). The Morgan fingerprint density at radius 1 is 0.517 bits per heavy atom. The van der Waals surface area contributed by atoms with Crippen LogP contribution < -0.4 is 5.73 Å². The fourth-order valence-electron chi connectivity index (χ4n) is 6.65. The van der Waals surface area contributed by atoms with Gasteiger partial charge in [-0.2, -0.15) is 0 Å². The van der Waals surface area contributed by atoms with Crippen molar-refractivity contribution in [1.29, 1.82) is 0 Å². The normalized spacial score (nSPS) is 13.8. The number of carbonyl (C=O) groups excluding carboxylic acids is 1. The van der Waals surface area contributed by atoms with Gasteiger partial charge in [0.05, 0.1) is 19.8 Å². The quantitative estimate of drug-likeness (QED) is 0.0269. The van der Waals surface area contributed by atoms with E-state index in [-0.39, 0.29) is 32.3 Å². The second kappa shape index (κ2) is 46.5. The topological polar surface area (TPSA) is 117 Å². The number of ether oxygens (including phenoxy) is 2. The summed E-state index contributed by atoms with van der Waals surface area (Å²) in [7, 11) is -4.28. The van der Waals surface area contributed by atoms with Gasteiger partial charge in [0.2, 0.25) is 0 Å². The third-order valence-electron chi connectivity index (χ3n) is 10.2. The lowest BCUT2D eigenvalue weighted by Gasteiger charge is -2.20. The summed E-state index contributed by atoms with van der Waals surface area (Å²) < 4.78 is 33.5. The van der Waals surface area contributed by atoms with Crippen molar-refractivity contribution in [2.75, 3.05) is 33.0 Å². The maximum Gasteiger partial charge on any atom is 0.472 e. The minimum absolute atomic E-state index is 0.0977. The molecule has 340 valence electrons. The number of hydrogen-bond acceptors (Lipinski definition) is 7. The largest absolute Gasteiger partial charge is 0.472 e. The average molecular weight is 838 g/mol. The van der Waals surface area contributed by atoms with Gasteiger partial charge < -0.3 is 20.1 Å². The van der Waals surface area contributed by atoms with E-state index in [9.17, 15) is 14.3 Å². The standard InChI is InChI=1S/C49H92NO7P/c1-3-5-7-9-11-13-15-17-18-19-20-21-22-23-24-25-26-27-28-29-31-33-35-37-39-41-44-54-46-48(47-56-58(52,53)55-45-43-50)57-49(51)42-40-38-36-34-32-30-16-14-12-10-8-6-4-2/h14-17,19-20,22-23,48H,3-13,18,21,24-47,50H2,1-2H3,(H,52,53)/b16-14-,17-15-,20-19-,23-22-. The Balaban J connectivity index is 3.92. The Labute approximate surface area is 358 Å². The number of rotatable bonds is 46. The zero-order valence-electron chi connectivity index (χ0n) is 37.8. The highest BCUT2D eigenvalue weighted by molar-refractivity contribution is 7.47. The lowest BCUT2D eigenvalue weighted by atomic mass is 10.1. The summed E-state index contributed by atoms with van der Waals surface area (Å²) in [5.74, 6) is -0.340. The van der Waals surface area contributed by atoms with Gasteiger partial charge in [0.25, 0.3) is 0 Å². The van der Waals surface area contributed by atoms with E-state index in [2.05, 4.69) is 62.5 Å². The van der Waals surface area contributed by atoms with Crippen molar-refractivity contribution in [2.45, 2.75) is 225 Å². The number of allylic oxidation sites excluding steroid dienone is 8. The summed E-state index contributed by atoms with van der Waals surface area (Å²) in [5.41, 5.74) is 5.37. The van der Waals surface area contributed by atoms with Gasteiger partial charge in [-0.1, -0.05) is 184 Å². The number of carbonyl (C=O) groups is 1. The fraction of sp³-hybridized carbons (Fsp3) is 0.816. The van der Waals surface area contributed by atoms with Crippen molar-refractivity contribution in [3.8, 4) is 0 Å². The van der Waals surface area contributed by atoms with E-state index in [1.165, 1.54) is 141 Å². The smallest absolute Gasteiger partial charge is 0.457 e. The second-order valence-corrected chi connectivity index (χ2v) is 17.4. The summed E-state index contributed by atoms with van der Waals surface area (Å²) in [4.78, 5) is 22.5. The Bertz CT molecular complexity index is 1030. The summed E-state index contributed by atoms with van der Waals surface area (Å²) in [6.45, 7) is 4.89. The van der Waals surface area contributed by atoms with Gasteiger partial charge in [-0.15, -0.1) is 0 Å². The van der Waals surface area contributed by atoms with Gasteiger partial charge >= 0.3 is 13.8 Å². The molecule has 0 saturated carbocycles. The first kappa shape index (κ1) is 56.5. The van der Waals surface area contributed by atoms with Crippen LogP contribution in [0.5, 0.6) is 0 Å². The van der Waals surface area contributed by atoms with Crippen LogP contribution in [0, 0.1) is 0 Å². The Morgan fingerprint density at radius 2 is 0.914 bits per heavy atom. The van der Waals surface area contributed by atoms with Crippen molar-refractivity contribution < 1.29 is 32.8 Å². The maximum atomic E-state index is 12.6. The molecule has 0 aliphatic carbocycles. The molecule has 0 aliphatic rings. The zero-order valence-corrected chi connectivity index (χ0v) is 38.7. The molecule has 0 bridgehead atoms. The molecule has 0 amide bonds. The molecule has 0 aliphatic heterocycles. The van der Waals surface area contributed by atoms with E-state index in [4.69, 9.17) is 24.3 Å². The average Bonchev–Trinajstić information content (AvgIpc) is 3.21. The van der Waals surface area contributed by atoms with E-state index >= 15 is 0 Å². The predicted molar refractivity (Wildman–Crippen MR) is 247 cm³/mol. The summed E-state index contributed by atoms with van der Waals surface area (Å²) in [6, 6.07) is 0. The van der Waals surface area contributed by atoms with E-state index in [0.29, 0.717) is 13.0 Å². The molecule has 0 heterocycles. The molecule has 0 fully saturated rings. The third kappa shape index (κ3) is 45.5. The van der Waals surface area contributed by atoms with Crippen LogP contribution in [0.4, 0.5) is 0 Å². The molecule has 2 atom stereocenters. The number of esters is 1. The Morgan fingerprint density at radius 3 is 1.40 bits per heavy atom. The number of phosphoric ester groups is 1. The molecule has 0 radical (unpaired) electrons. The Kier molecular flexibility index (Phi) is 45.3. The second-order valence-electron chi connectivity index (χ2n) is 16.0. The summed E-state index contributed by atoms with van der Waals surface area (Å²) in [6.07, 6.45) is 55.7.